The molecule has 4 saturated carbocycles. The van der Waals surface area contributed by atoms with E-state index in [9.17, 15) is 0 Å². The van der Waals surface area contributed by atoms with Crippen LogP contribution in [-0.4, -0.2) is 6.54 Å². The molecule has 0 amide bonds. The highest BCUT2D eigenvalue weighted by molar-refractivity contribution is 9.10. The van der Waals surface area contributed by atoms with Gasteiger partial charge in [-0.3, -0.25) is 0 Å². The predicted octanol–water partition coefficient (Wildman–Crippen LogP) is 4.10. The van der Waals surface area contributed by atoms with Crippen molar-refractivity contribution in [2.45, 2.75) is 37.5 Å². The Bertz CT molecular complexity index is 465. The molecule has 0 radical (unpaired) electrons. The molecule has 19 heavy (non-hydrogen) atoms. The minimum absolute atomic E-state index is 0.489. The molecule has 2 unspecified atom stereocenters. The van der Waals surface area contributed by atoms with Gasteiger partial charge < -0.3 is 5.73 Å². The largest absolute Gasteiger partial charge is 0.330 e. The lowest BCUT2D eigenvalue weighted by molar-refractivity contribution is -0.0524. The van der Waals surface area contributed by atoms with Crippen LogP contribution < -0.4 is 5.73 Å². The molecular weight excluding hydrogens is 298 g/mol. The molecule has 0 aliphatic heterocycles. The Kier molecular flexibility index (Phi) is 2.82. The van der Waals surface area contributed by atoms with Gasteiger partial charge in [-0.1, -0.05) is 28.1 Å². The molecule has 1 nitrogen and oxygen atoms in total. The van der Waals surface area contributed by atoms with E-state index < -0.39 is 0 Å². The fraction of sp³-hybridized carbons (Fsp3) is 0.647. The quantitative estimate of drug-likeness (QED) is 0.872. The molecule has 4 bridgehead atoms. The second-order valence-corrected chi connectivity index (χ2v) is 8.07. The van der Waals surface area contributed by atoms with Crippen molar-refractivity contribution in [1.29, 1.82) is 0 Å². The van der Waals surface area contributed by atoms with Gasteiger partial charge in [-0.05, 0) is 85.4 Å². The summed E-state index contributed by atoms with van der Waals surface area (Å²) in [5.41, 5.74) is 8.13. The zero-order chi connectivity index (χ0) is 13.0. The molecule has 0 heterocycles. The molecule has 102 valence electrons. The lowest BCUT2D eigenvalue weighted by atomic mass is 9.45. The minimum Gasteiger partial charge on any atom is -0.330 e. The summed E-state index contributed by atoms with van der Waals surface area (Å²) in [4.78, 5) is 0. The highest BCUT2D eigenvalue weighted by Crippen LogP contribution is 2.62. The molecule has 4 aliphatic carbocycles. The average molecular weight is 320 g/mol. The fourth-order valence-electron chi connectivity index (χ4n) is 5.67. The van der Waals surface area contributed by atoms with E-state index in [1.54, 1.807) is 5.56 Å². The van der Waals surface area contributed by atoms with Crippen molar-refractivity contribution in [3.05, 3.63) is 34.3 Å². The molecular formula is C17H22BrN. The first-order chi connectivity index (χ1) is 9.20. The Morgan fingerprint density at radius 3 is 2.26 bits per heavy atom. The van der Waals surface area contributed by atoms with E-state index >= 15 is 0 Å². The first kappa shape index (κ1) is 12.4. The number of halogens is 1. The Hall–Kier alpha value is -0.340. The molecule has 0 spiro atoms. The van der Waals surface area contributed by atoms with Crippen LogP contribution in [0.15, 0.2) is 28.7 Å². The van der Waals surface area contributed by atoms with Crippen molar-refractivity contribution in [3.63, 3.8) is 0 Å². The van der Waals surface area contributed by atoms with E-state index in [-0.39, 0.29) is 0 Å². The highest BCUT2D eigenvalue weighted by Gasteiger charge is 2.55. The molecule has 4 fully saturated rings. The predicted molar refractivity (Wildman–Crippen MR) is 81.9 cm³/mol. The highest BCUT2D eigenvalue weighted by atomic mass is 79.9. The van der Waals surface area contributed by atoms with Crippen LogP contribution >= 0.6 is 15.9 Å². The summed E-state index contributed by atoms with van der Waals surface area (Å²) < 4.78 is 1.20. The molecule has 0 aromatic heterocycles. The summed E-state index contributed by atoms with van der Waals surface area (Å²) in [5, 5.41) is 0. The standard InChI is InChI=1S/C17H22BrN/c18-15-3-1-14(2-4-15)17-7-11-5-12(8-17)16(10-19)13(6-11)9-17/h1-4,11-13,16H,5-10,19H2. The molecule has 2 N–H and O–H groups in total. The van der Waals surface area contributed by atoms with Gasteiger partial charge in [0.2, 0.25) is 0 Å². The van der Waals surface area contributed by atoms with Crippen molar-refractivity contribution < 1.29 is 0 Å². The van der Waals surface area contributed by atoms with Gasteiger partial charge in [0, 0.05) is 4.47 Å². The minimum atomic E-state index is 0.489. The van der Waals surface area contributed by atoms with Crippen molar-refractivity contribution >= 4 is 15.9 Å². The monoisotopic (exact) mass is 319 g/mol. The van der Waals surface area contributed by atoms with Gasteiger partial charge in [0.1, 0.15) is 0 Å². The zero-order valence-electron chi connectivity index (χ0n) is 11.3. The molecule has 0 saturated heterocycles. The van der Waals surface area contributed by atoms with Crippen LogP contribution in [-0.2, 0) is 5.41 Å². The fourth-order valence-corrected chi connectivity index (χ4v) is 5.94. The first-order valence-electron chi connectivity index (χ1n) is 7.66. The van der Waals surface area contributed by atoms with Crippen molar-refractivity contribution in [1.82, 2.24) is 0 Å². The lowest BCUT2D eigenvalue weighted by Crippen LogP contribution is -2.54. The Labute approximate surface area is 124 Å². The third kappa shape index (κ3) is 1.83. The van der Waals surface area contributed by atoms with E-state index in [0.29, 0.717) is 5.41 Å². The van der Waals surface area contributed by atoms with Crippen LogP contribution in [0.1, 0.15) is 37.7 Å². The molecule has 1 aromatic carbocycles. The number of hydrogen-bond donors (Lipinski definition) is 1. The van der Waals surface area contributed by atoms with E-state index in [1.165, 1.54) is 36.6 Å². The van der Waals surface area contributed by atoms with Crippen molar-refractivity contribution in [3.8, 4) is 0 Å². The average Bonchev–Trinajstić information content (AvgIpc) is 2.38. The summed E-state index contributed by atoms with van der Waals surface area (Å²) in [6.07, 6.45) is 7.12. The summed E-state index contributed by atoms with van der Waals surface area (Å²) >= 11 is 3.56. The second kappa shape index (κ2) is 4.33. The van der Waals surface area contributed by atoms with Crippen molar-refractivity contribution in [2.75, 3.05) is 6.54 Å². The van der Waals surface area contributed by atoms with Gasteiger partial charge >= 0.3 is 0 Å². The van der Waals surface area contributed by atoms with Crippen LogP contribution in [0, 0.1) is 23.7 Å². The van der Waals surface area contributed by atoms with Crippen molar-refractivity contribution in [2.24, 2.45) is 29.4 Å². The number of nitrogens with two attached hydrogens (primary N) is 1. The number of rotatable bonds is 2. The van der Waals surface area contributed by atoms with Gasteiger partial charge in [-0.25, -0.2) is 0 Å². The van der Waals surface area contributed by atoms with Gasteiger partial charge in [-0.2, -0.15) is 0 Å². The summed E-state index contributed by atoms with van der Waals surface area (Å²) in [6.45, 7) is 0.915. The van der Waals surface area contributed by atoms with Gasteiger partial charge in [-0.15, -0.1) is 0 Å². The lowest BCUT2D eigenvalue weighted by Gasteiger charge is -2.60. The maximum Gasteiger partial charge on any atom is 0.0175 e. The van der Waals surface area contributed by atoms with Gasteiger partial charge in [0.05, 0.1) is 0 Å². The topological polar surface area (TPSA) is 26.0 Å². The zero-order valence-corrected chi connectivity index (χ0v) is 12.9. The second-order valence-electron chi connectivity index (χ2n) is 7.16. The van der Waals surface area contributed by atoms with Gasteiger partial charge in [0.25, 0.3) is 0 Å². The first-order valence-corrected chi connectivity index (χ1v) is 8.45. The third-order valence-corrected chi connectivity index (χ3v) is 6.73. The van der Waals surface area contributed by atoms with E-state index in [2.05, 4.69) is 40.2 Å². The SMILES string of the molecule is NCC1C2CC3CC1CC(c1ccc(Br)cc1)(C3)C2. The third-order valence-electron chi connectivity index (χ3n) is 6.20. The summed E-state index contributed by atoms with van der Waals surface area (Å²) in [7, 11) is 0. The van der Waals surface area contributed by atoms with E-state index in [4.69, 9.17) is 5.73 Å². The molecule has 4 aliphatic rings. The molecule has 2 atom stereocenters. The Morgan fingerprint density at radius 1 is 1.05 bits per heavy atom. The van der Waals surface area contributed by atoms with Crippen LogP contribution in [0.3, 0.4) is 0 Å². The van der Waals surface area contributed by atoms with Crippen LogP contribution in [0.5, 0.6) is 0 Å². The van der Waals surface area contributed by atoms with E-state index in [1.807, 2.05) is 0 Å². The molecule has 1 aromatic rings. The smallest absolute Gasteiger partial charge is 0.0175 e. The number of hydrogen-bond acceptors (Lipinski definition) is 1. The molecule has 2 heteroatoms. The number of benzene rings is 1. The summed E-state index contributed by atoms with van der Waals surface area (Å²) in [5.74, 6) is 3.60. The van der Waals surface area contributed by atoms with Crippen LogP contribution in [0.25, 0.3) is 0 Å². The van der Waals surface area contributed by atoms with E-state index in [0.717, 1.165) is 30.2 Å². The van der Waals surface area contributed by atoms with Gasteiger partial charge in [0.15, 0.2) is 0 Å². The summed E-state index contributed by atoms with van der Waals surface area (Å²) in [6, 6.07) is 9.14. The maximum absolute atomic E-state index is 6.05. The maximum atomic E-state index is 6.05. The Balaban J connectivity index is 1.71. The Morgan fingerprint density at radius 2 is 1.68 bits per heavy atom. The normalized spacial score (nSPS) is 43.7. The van der Waals surface area contributed by atoms with Crippen LogP contribution in [0.2, 0.25) is 0 Å². The van der Waals surface area contributed by atoms with Crippen LogP contribution in [0.4, 0.5) is 0 Å². The molecule has 5 rings (SSSR count).